The van der Waals surface area contributed by atoms with E-state index in [0.717, 1.165) is 0 Å². The maximum Gasteiger partial charge on any atom is 0.238 e. The van der Waals surface area contributed by atoms with Gasteiger partial charge < -0.3 is 5.73 Å². The van der Waals surface area contributed by atoms with E-state index in [0.29, 0.717) is 33.3 Å². The quantitative estimate of drug-likeness (QED) is 0.823. The average molecular weight is 315 g/mol. The Morgan fingerprint density at radius 1 is 1.25 bits per heavy atom. The molecule has 1 heterocycles. The summed E-state index contributed by atoms with van der Waals surface area (Å²) in [7, 11) is -3.86. The van der Waals surface area contributed by atoms with Crippen molar-refractivity contribution >= 4 is 27.3 Å². The number of nitrogens with zero attached hydrogens (tertiary/aromatic N) is 2. The molecule has 0 radical (unpaired) electrons. The fourth-order valence-corrected chi connectivity index (χ4v) is 3.02. The molecule has 0 bridgehead atoms. The van der Waals surface area contributed by atoms with Gasteiger partial charge in [0, 0.05) is 5.69 Å². The van der Waals surface area contributed by atoms with Gasteiger partial charge in [-0.2, -0.15) is 5.10 Å². The first kappa shape index (κ1) is 14.8. The Kier molecular flexibility index (Phi) is 3.53. The van der Waals surface area contributed by atoms with E-state index in [1.165, 1.54) is 6.07 Å². The van der Waals surface area contributed by atoms with E-state index >= 15 is 0 Å². The Morgan fingerprint density at radius 3 is 2.30 bits per heavy atom. The van der Waals surface area contributed by atoms with Gasteiger partial charge in [0.25, 0.3) is 0 Å². The molecule has 0 saturated heterocycles. The van der Waals surface area contributed by atoms with Crippen molar-refractivity contribution < 1.29 is 8.42 Å². The average Bonchev–Trinajstić information content (AvgIpc) is 2.58. The second-order valence-corrected chi connectivity index (χ2v) is 6.51. The molecule has 0 amide bonds. The molecule has 108 valence electrons. The summed E-state index contributed by atoms with van der Waals surface area (Å²) in [6, 6.07) is 2.97. The standard InChI is InChI=1S/C12H15ClN4O2S/c1-6-10(17-8(3)12(13)7(2)16-17)4-9(14)5-11(6)20(15,18)19/h4-5H,14H2,1-3H3,(H2,15,18,19). The maximum absolute atomic E-state index is 11.6. The van der Waals surface area contributed by atoms with Gasteiger partial charge in [-0.05, 0) is 38.5 Å². The zero-order valence-electron chi connectivity index (χ0n) is 11.3. The molecule has 0 unspecified atom stereocenters. The molecule has 0 atom stereocenters. The third-order valence-corrected chi connectivity index (χ3v) is 4.68. The molecule has 2 aromatic rings. The molecule has 0 aliphatic heterocycles. The number of benzene rings is 1. The molecule has 0 spiro atoms. The molecule has 1 aromatic heterocycles. The molecule has 0 aliphatic carbocycles. The SMILES string of the molecule is Cc1nn(-c2cc(N)cc(S(N)(=O)=O)c2C)c(C)c1Cl. The lowest BCUT2D eigenvalue weighted by molar-refractivity contribution is 0.597. The summed E-state index contributed by atoms with van der Waals surface area (Å²) < 4.78 is 24.8. The van der Waals surface area contributed by atoms with Crippen molar-refractivity contribution in [3.63, 3.8) is 0 Å². The summed E-state index contributed by atoms with van der Waals surface area (Å²) in [5.74, 6) is 0. The first-order chi connectivity index (χ1) is 9.12. The van der Waals surface area contributed by atoms with Crippen LogP contribution in [0.15, 0.2) is 17.0 Å². The third kappa shape index (κ3) is 2.39. The molecule has 0 aliphatic rings. The van der Waals surface area contributed by atoms with Crippen molar-refractivity contribution in [3.05, 3.63) is 34.1 Å². The van der Waals surface area contributed by atoms with E-state index in [-0.39, 0.29) is 4.90 Å². The van der Waals surface area contributed by atoms with Crippen molar-refractivity contribution in [1.29, 1.82) is 0 Å². The summed E-state index contributed by atoms with van der Waals surface area (Å²) >= 11 is 6.11. The number of hydrogen-bond acceptors (Lipinski definition) is 4. The highest BCUT2D eigenvalue weighted by atomic mass is 35.5. The van der Waals surface area contributed by atoms with Crippen molar-refractivity contribution in [3.8, 4) is 5.69 Å². The van der Waals surface area contributed by atoms with Crippen molar-refractivity contribution in [2.24, 2.45) is 5.14 Å². The molecule has 20 heavy (non-hydrogen) atoms. The van der Waals surface area contributed by atoms with Gasteiger partial charge in [-0.3, -0.25) is 0 Å². The highest BCUT2D eigenvalue weighted by Gasteiger charge is 2.19. The van der Waals surface area contributed by atoms with Crippen molar-refractivity contribution in [2.75, 3.05) is 5.73 Å². The van der Waals surface area contributed by atoms with E-state index in [9.17, 15) is 8.42 Å². The number of primary sulfonamides is 1. The highest BCUT2D eigenvalue weighted by Crippen LogP contribution is 2.28. The smallest absolute Gasteiger partial charge is 0.238 e. The van der Waals surface area contributed by atoms with Crippen molar-refractivity contribution in [2.45, 2.75) is 25.7 Å². The van der Waals surface area contributed by atoms with Crippen molar-refractivity contribution in [1.82, 2.24) is 9.78 Å². The fourth-order valence-electron chi connectivity index (χ4n) is 2.07. The van der Waals surface area contributed by atoms with Crippen LogP contribution in [0.1, 0.15) is 17.0 Å². The van der Waals surface area contributed by atoms with Gasteiger partial charge in [-0.15, -0.1) is 0 Å². The van der Waals surface area contributed by atoms with Crippen LogP contribution in [-0.2, 0) is 10.0 Å². The Labute approximate surface area is 122 Å². The van der Waals surface area contributed by atoms with Gasteiger partial charge in [0.15, 0.2) is 0 Å². The fraction of sp³-hybridized carbons (Fsp3) is 0.250. The first-order valence-corrected chi connectivity index (χ1v) is 7.70. The Hall–Kier alpha value is -1.57. The topological polar surface area (TPSA) is 104 Å². The summed E-state index contributed by atoms with van der Waals surface area (Å²) in [4.78, 5) is -0.0174. The van der Waals surface area contributed by atoms with Gasteiger partial charge >= 0.3 is 0 Å². The molecule has 0 fully saturated rings. The van der Waals surface area contributed by atoms with E-state index in [4.69, 9.17) is 22.5 Å². The number of anilines is 1. The number of hydrogen-bond donors (Lipinski definition) is 2. The number of nitrogen functional groups attached to an aromatic ring is 1. The normalized spacial score (nSPS) is 11.8. The lowest BCUT2D eigenvalue weighted by atomic mass is 10.2. The minimum Gasteiger partial charge on any atom is -0.399 e. The molecule has 2 rings (SSSR count). The van der Waals surface area contributed by atoms with Crippen LogP contribution < -0.4 is 10.9 Å². The van der Waals surface area contributed by atoms with E-state index in [1.54, 1.807) is 31.5 Å². The molecule has 4 N–H and O–H groups in total. The summed E-state index contributed by atoms with van der Waals surface area (Å²) in [5.41, 5.74) is 8.43. The van der Waals surface area contributed by atoms with Gasteiger partial charge in [0.2, 0.25) is 10.0 Å². The minimum absolute atomic E-state index is 0.0174. The zero-order valence-corrected chi connectivity index (χ0v) is 12.9. The number of aromatic nitrogens is 2. The number of halogens is 1. The Balaban J connectivity index is 2.82. The number of aryl methyl sites for hydroxylation is 1. The second kappa shape index (κ2) is 4.76. The molecule has 0 saturated carbocycles. The lowest BCUT2D eigenvalue weighted by Crippen LogP contribution is -2.16. The van der Waals surface area contributed by atoms with E-state index in [1.807, 2.05) is 0 Å². The lowest BCUT2D eigenvalue weighted by Gasteiger charge is -2.13. The third-order valence-electron chi connectivity index (χ3n) is 3.09. The van der Waals surface area contributed by atoms with Gasteiger partial charge in [-0.1, -0.05) is 11.6 Å². The Morgan fingerprint density at radius 2 is 1.85 bits per heavy atom. The molecular weight excluding hydrogens is 300 g/mol. The van der Waals surface area contributed by atoms with Crippen LogP contribution in [-0.4, -0.2) is 18.2 Å². The zero-order chi connectivity index (χ0) is 15.2. The van der Waals surface area contributed by atoms with Crippen LogP contribution in [0.4, 0.5) is 5.69 Å². The van der Waals surface area contributed by atoms with Crippen LogP contribution in [0, 0.1) is 20.8 Å². The first-order valence-electron chi connectivity index (χ1n) is 5.78. The number of rotatable bonds is 2. The van der Waals surface area contributed by atoms with Crippen LogP contribution in [0.2, 0.25) is 5.02 Å². The maximum atomic E-state index is 11.6. The molecule has 6 nitrogen and oxygen atoms in total. The number of sulfonamides is 1. The summed E-state index contributed by atoms with van der Waals surface area (Å²) in [5, 5.41) is 10.0. The molecular formula is C12H15ClN4O2S. The molecule has 8 heteroatoms. The van der Waals surface area contributed by atoms with Gasteiger partial charge in [0.1, 0.15) is 0 Å². The van der Waals surface area contributed by atoms with Gasteiger partial charge in [0.05, 0.1) is 27.0 Å². The van der Waals surface area contributed by atoms with Crippen LogP contribution >= 0.6 is 11.6 Å². The predicted octanol–water partition coefficient (Wildman–Crippen LogP) is 1.68. The van der Waals surface area contributed by atoms with Crippen LogP contribution in [0.3, 0.4) is 0 Å². The number of nitrogens with two attached hydrogens (primary N) is 2. The summed E-state index contributed by atoms with van der Waals surface area (Å²) in [6.07, 6.45) is 0. The van der Waals surface area contributed by atoms with E-state index < -0.39 is 10.0 Å². The van der Waals surface area contributed by atoms with Crippen LogP contribution in [0.25, 0.3) is 5.69 Å². The monoisotopic (exact) mass is 314 g/mol. The minimum atomic E-state index is -3.86. The Bertz CT molecular complexity index is 796. The second-order valence-electron chi connectivity index (χ2n) is 4.60. The summed E-state index contributed by atoms with van der Waals surface area (Å²) in [6.45, 7) is 5.22. The largest absolute Gasteiger partial charge is 0.399 e. The van der Waals surface area contributed by atoms with Gasteiger partial charge in [-0.25, -0.2) is 18.2 Å². The molecule has 1 aromatic carbocycles. The van der Waals surface area contributed by atoms with Crippen LogP contribution in [0.5, 0.6) is 0 Å². The highest BCUT2D eigenvalue weighted by molar-refractivity contribution is 7.89. The van der Waals surface area contributed by atoms with E-state index in [2.05, 4.69) is 5.10 Å². The predicted molar refractivity (Wildman–Crippen MR) is 78.6 cm³/mol.